The Kier molecular flexibility index (Phi) is 10.8. The van der Waals surface area contributed by atoms with Crippen LogP contribution in [-0.4, -0.2) is 40.8 Å². The zero-order valence-corrected chi connectivity index (χ0v) is 26.4. The van der Waals surface area contributed by atoms with Crippen LogP contribution < -0.4 is 23.9 Å². The van der Waals surface area contributed by atoms with Gasteiger partial charge in [-0.1, -0.05) is 60.2 Å². The fourth-order valence-electron chi connectivity index (χ4n) is 4.11. The van der Waals surface area contributed by atoms with Gasteiger partial charge < -0.3 is 14.2 Å². The third kappa shape index (κ3) is 8.14. The summed E-state index contributed by atoms with van der Waals surface area (Å²) in [6.07, 6.45) is 1.43. The molecular weight excluding hydrogens is 634 g/mol. The summed E-state index contributed by atoms with van der Waals surface area (Å²) in [7, 11) is -2.59. The maximum Gasteiger partial charge on any atom is 0.264 e. The van der Waals surface area contributed by atoms with Crippen molar-refractivity contribution in [1.82, 2.24) is 5.43 Å². The van der Waals surface area contributed by atoms with E-state index in [1.165, 1.54) is 25.5 Å². The Morgan fingerprint density at radius 2 is 1.65 bits per heavy atom. The lowest BCUT2D eigenvalue weighted by atomic mass is 10.2. The Bertz CT molecular complexity index is 1680. The van der Waals surface area contributed by atoms with Crippen LogP contribution in [0.5, 0.6) is 17.2 Å². The second kappa shape index (κ2) is 14.7. The molecule has 0 aliphatic heterocycles. The first-order valence-corrected chi connectivity index (χ1v) is 15.6. The molecule has 0 spiro atoms. The van der Waals surface area contributed by atoms with Crippen LogP contribution in [0.2, 0.25) is 0 Å². The summed E-state index contributed by atoms with van der Waals surface area (Å²) in [5, 5.41) is 4.06. The fraction of sp³-hybridized carbons (Fsp3) is 0.188. The summed E-state index contributed by atoms with van der Waals surface area (Å²) >= 11 is 3.52. The molecule has 1 amide bonds. The van der Waals surface area contributed by atoms with Crippen LogP contribution >= 0.6 is 15.9 Å². The number of rotatable bonds is 13. The standard InChI is InChI=1S/C32H32BrN3O6S/c1-4-41-29-13-9-8-12-28(29)36(43(38,39)26-16-14-23(2)15-17-26)21-31(37)35-34-20-25-18-27(33)32(30(19-25)40-3)42-22-24-10-6-5-7-11-24/h5-20H,4,21-22H2,1-3H3,(H,35,37)/b34-20-. The third-order valence-electron chi connectivity index (χ3n) is 6.21. The van der Waals surface area contributed by atoms with Gasteiger partial charge in [0.15, 0.2) is 11.5 Å². The van der Waals surface area contributed by atoms with Crippen LogP contribution in [0.4, 0.5) is 5.69 Å². The van der Waals surface area contributed by atoms with Crippen LogP contribution in [0.15, 0.2) is 105 Å². The Morgan fingerprint density at radius 1 is 0.953 bits per heavy atom. The van der Waals surface area contributed by atoms with E-state index >= 15 is 0 Å². The Hall–Kier alpha value is -4.35. The first kappa shape index (κ1) is 31.6. The largest absolute Gasteiger partial charge is 0.493 e. The predicted molar refractivity (Wildman–Crippen MR) is 171 cm³/mol. The summed E-state index contributed by atoms with van der Waals surface area (Å²) in [6, 6.07) is 26.3. The number of amides is 1. The van der Waals surface area contributed by atoms with Gasteiger partial charge in [0.05, 0.1) is 35.0 Å². The van der Waals surface area contributed by atoms with Gasteiger partial charge in [-0.25, -0.2) is 13.8 Å². The second-order valence-electron chi connectivity index (χ2n) is 9.33. The smallest absolute Gasteiger partial charge is 0.264 e. The van der Waals surface area contributed by atoms with Crippen molar-refractivity contribution in [3.63, 3.8) is 0 Å². The summed E-state index contributed by atoms with van der Waals surface area (Å²) in [5.74, 6) is 0.689. The zero-order chi connectivity index (χ0) is 30.8. The molecule has 43 heavy (non-hydrogen) atoms. The molecule has 0 aliphatic carbocycles. The number of hydrogen-bond acceptors (Lipinski definition) is 7. The van der Waals surface area contributed by atoms with Crippen molar-refractivity contribution in [1.29, 1.82) is 0 Å². The SMILES string of the molecule is CCOc1ccccc1N(CC(=O)N/N=C\c1cc(Br)c(OCc2ccccc2)c(OC)c1)S(=O)(=O)c1ccc(C)cc1. The maximum atomic E-state index is 13.7. The van der Waals surface area contributed by atoms with Gasteiger partial charge in [-0.3, -0.25) is 9.10 Å². The Balaban J connectivity index is 1.52. The Labute approximate surface area is 260 Å². The number of aryl methyl sites for hydroxylation is 1. The molecule has 224 valence electrons. The number of ether oxygens (including phenoxy) is 3. The van der Waals surface area contributed by atoms with Gasteiger partial charge in [0.1, 0.15) is 18.9 Å². The number of carbonyl (C=O) groups is 1. The van der Waals surface area contributed by atoms with Crippen molar-refractivity contribution in [2.45, 2.75) is 25.3 Å². The molecule has 11 heteroatoms. The minimum atomic E-state index is -4.12. The van der Waals surface area contributed by atoms with Crippen LogP contribution in [0.3, 0.4) is 0 Å². The highest BCUT2D eigenvalue weighted by atomic mass is 79.9. The first-order valence-electron chi connectivity index (χ1n) is 13.4. The quantitative estimate of drug-likeness (QED) is 0.137. The normalized spacial score (nSPS) is 11.3. The van der Waals surface area contributed by atoms with E-state index in [2.05, 4.69) is 26.5 Å². The number of sulfonamides is 1. The van der Waals surface area contributed by atoms with Crippen molar-refractivity contribution in [2.24, 2.45) is 5.10 Å². The predicted octanol–water partition coefficient (Wildman–Crippen LogP) is 6.09. The van der Waals surface area contributed by atoms with E-state index < -0.39 is 22.5 Å². The molecule has 0 saturated heterocycles. The van der Waals surface area contributed by atoms with Gasteiger partial charge in [0.25, 0.3) is 15.9 Å². The van der Waals surface area contributed by atoms with Gasteiger partial charge in [-0.15, -0.1) is 0 Å². The van der Waals surface area contributed by atoms with Crippen LogP contribution in [-0.2, 0) is 21.4 Å². The Morgan fingerprint density at radius 3 is 2.35 bits per heavy atom. The number of hydrogen-bond donors (Lipinski definition) is 1. The lowest BCUT2D eigenvalue weighted by molar-refractivity contribution is -0.119. The molecule has 0 aromatic heterocycles. The van der Waals surface area contributed by atoms with E-state index in [1.807, 2.05) is 37.3 Å². The number of methoxy groups -OCH3 is 1. The number of benzene rings is 4. The summed E-state index contributed by atoms with van der Waals surface area (Å²) in [6.45, 7) is 3.81. The number of halogens is 1. The van der Waals surface area contributed by atoms with E-state index in [0.29, 0.717) is 40.5 Å². The van der Waals surface area contributed by atoms with E-state index in [0.717, 1.165) is 15.4 Å². The zero-order valence-electron chi connectivity index (χ0n) is 24.0. The van der Waals surface area contributed by atoms with Crippen LogP contribution in [0.25, 0.3) is 0 Å². The first-order chi connectivity index (χ1) is 20.7. The van der Waals surface area contributed by atoms with Gasteiger partial charge in [0.2, 0.25) is 0 Å². The summed E-state index contributed by atoms with van der Waals surface area (Å²) in [4.78, 5) is 13.1. The topological polar surface area (TPSA) is 107 Å². The highest BCUT2D eigenvalue weighted by molar-refractivity contribution is 9.10. The van der Waals surface area contributed by atoms with Crippen LogP contribution in [0.1, 0.15) is 23.6 Å². The van der Waals surface area contributed by atoms with Crippen LogP contribution in [0, 0.1) is 6.92 Å². The van der Waals surface area contributed by atoms with E-state index in [1.54, 1.807) is 55.5 Å². The number of hydrazone groups is 1. The molecule has 4 aromatic carbocycles. The lowest BCUT2D eigenvalue weighted by Crippen LogP contribution is -2.39. The van der Waals surface area contributed by atoms with Gasteiger partial charge in [0, 0.05) is 0 Å². The van der Waals surface area contributed by atoms with Crippen molar-refractivity contribution in [3.8, 4) is 17.2 Å². The van der Waals surface area contributed by atoms with E-state index in [4.69, 9.17) is 14.2 Å². The van der Waals surface area contributed by atoms with Gasteiger partial charge >= 0.3 is 0 Å². The molecule has 0 saturated carbocycles. The number of nitrogens with one attached hydrogen (secondary N) is 1. The van der Waals surface area contributed by atoms with Gasteiger partial charge in [-0.2, -0.15) is 5.10 Å². The molecule has 9 nitrogen and oxygen atoms in total. The monoisotopic (exact) mass is 665 g/mol. The van der Waals surface area contributed by atoms with E-state index in [-0.39, 0.29) is 10.6 Å². The molecule has 0 atom stereocenters. The molecule has 0 fully saturated rings. The van der Waals surface area contributed by atoms with Crippen molar-refractivity contribution in [3.05, 3.63) is 112 Å². The molecule has 0 heterocycles. The molecule has 0 radical (unpaired) electrons. The number of carbonyl (C=O) groups excluding carboxylic acids is 1. The van der Waals surface area contributed by atoms with Crippen molar-refractivity contribution in [2.75, 3.05) is 24.6 Å². The molecule has 1 N–H and O–H groups in total. The van der Waals surface area contributed by atoms with Crippen molar-refractivity contribution >= 4 is 43.8 Å². The molecule has 4 rings (SSSR count). The number of anilines is 1. The minimum Gasteiger partial charge on any atom is -0.493 e. The number of para-hydroxylation sites is 2. The van der Waals surface area contributed by atoms with Crippen molar-refractivity contribution < 1.29 is 27.4 Å². The second-order valence-corrected chi connectivity index (χ2v) is 12.0. The molecule has 0 aliphatic rings. The highest BCUT2D eigenvalue weighted by Crippen LogP contribution is 2.37. The average molecular weight is 667 g/mol. The molecule has 4 aromatic rings. The molecule has 0 unspecified atom stereocenters. The minimum absolute atomic E-state index is 0.0484. The van der Waals surface area contributed by atoms with Gasteiger partial charge in [-0.05, 0) is 77.3 Å². The average Bonchev–Trinajstić information content (AvgIpc) is 3.00. The molecule has 0 bridgehead atoms. The summed E-state index contributed by atoms with van der Waals surface area (Å²) in [5.41, 5.74) is 5.20. The lowest BCUT2D eigenvalue weighted by Gasteiger charge is -2.25. The third-order valence-corrected chi connectivity index (χ3v) is 8.57. The summed E-state index contributed by atoms with van der Waals surface area (Å²) < 4.78 is 46.3. The van der Waals surface area contributed by atoms with E-state index in [9.17, 15) is 13.2 Å². The maximum absolute atomic E-state index is 13.7. The highest BCUT2D eigenvalue weighted by Gasteiger charge is 2.29. The fourth-order valence-corrected chi connectivity index (χ4v) is 6.11. The molecular formula is C32H32BrN3O6S. The number of nitrogens with zero attached hydrogens (tertiary/aromatic N) is 2.